The molecule has 27 nitrogen and oxygen atoms in total. The molecular formula is C41H75N3O24S2. The van der Waals surface area contributed by atoms with Crippen molar-refractivity contribution in [2.45, 2.75) is 146 Å². The average molecular weight is 1060 g/mol. The number of aliphatic carboxylic acids is 1. The first-order valence-electron chi connectivity index (χ1n) is 23.5. The van der Waals surface area contributed by atoms with Crippen LogP contribution in [0, 0.1) is 5.92 Å². The van der Waals surface area contributed by atoms with Gasteiger partial charge in [-0.05, 0) is 32.6 Å². The number of carboxylic acid groups (broad SMARTS) is 1. The highest BCUT2D eigenvalue weighted by molar-refractivity contribution is 7.81. The van der Waals surface area contributed by atoms with Crippen LogP contribution in [0.2, 0.25) is 0 Å². The average Bonchev–Trinajstić information content (AvgIpc) is 3.29. The molecule has 2 rings (SSSR count). The van der Waals surface area contributed by atoms with Crippen LogP contribution in [0.25, 0.3) is 0 Å². The fourth-order valence-corrected chi connectivity index (χ4v) is 7.74. The summed E-state index contributed by atoms with van der Waals surface area (Å²) in [6.45, 7) is 6.26. The quantitative estimate of drug-likeness (QED) is 0.0256. The molecule has 3 amide bonds. The summed E-state index contributed by atoms with van der Waals surface area (Å²) in [6, 6.07) is 0. The van der Waals surface area contributed by atoms with Crippen molar-refractivity contribution in [2.75, 3.05) is 85.7 Å². The molecule has 29 heteroatoms. The third-order valence-corrected chi connectivity index (χ3v) is 11.6. The van der Waals surface area contributed by atoms with Crippen LogP contribution in [0.5, 0.6) is 0 Å². The normalized spacial score (nSPS) is 25.1. The molecule has 0 aliphatic carbocycles. The summed E-state index contributed by atoms with van der Waals surface area (Å²) in [7, 11) is -10.3. The zero-order valence-corrected chi connectivity index (χ0v) is 41.4. The highest BCUT2D eigenvalue weighted by Crippen LogP contribution is 2.34. The molecule has 0 aromatic carbocycles. The predicted molar refractivity (Wildman–Crippen MR) is 240 cm³/mol. The molecule has 0 aromatic heterocycles. The molecule has 2 fully saturated rings. The lowest BCUT2D eigenvalue weighted by Crippen LogP contribution is -2.64. The van der Waals surface area contributed by atoms with Crippen molar-refractivity contribution in [3.8, 4) is 0 Å². The first kappa shape index (κ1) is 63.3. The van der Waals surface area contributed by atoms with Crippen molar-refractivity contribution in [2.24, 2.45) is 5.92 Å². The van der Waals surface area contributed by atoms with Crippen LogP contribution in [-0.2, 0) is 86.2 Å². The lowest BCUT2D eigenvalue weighted by Gasteiger charge is -2.46. The minimum atomic E-state index is -5.31. The monoisotopic (exact) mass is 1060 g/mol. The van der Waals surface area contributed by atoms with E-state index in [1.165, 1.54) is 6.92 Å². The zero-order valence-electron chi connectivity index (χ0n) is 39.8. The summed E-state index contributed by atoms with van der Waals surface area (Å²) >= 11 is 0. The Morgan fingerprint density at radius 3 is 1.67 bits per heavy atom. The van der Waals surface area contributed by atoms with Crippen LogP contribution in [-0.4, -0.2) is 211 Å². The van der Waals surface area contributed by atoms with E-state index in [1.54, 1.807) is 0 Å². The Morgan fingerprint density at radius 1 is 0.557 bits per heavy atom. The SMILES string of the molecule is CCOCCC(=O)NCCCCCCCC(=O)NCCOCCOCCOCCC(=O)NCCCCCCOC1OC(C(=O)O)C(OC2OC(COS(=O)(=O)O)C(O)C(O)C2C)C(O)C1OS(=O)(=O)O. The minimum absolute atomic E-state index is 0.000473. The zero-order chi connectivity index (χ0) is 52.0. The van der Waals surface area contributed by atoms with Crippen LogP contribution < -0.4 is 16.0 Å². The van der Waals surface area contributed by atoms with E-state index >= 15 is 0 Å². The van der Waals surface area contributed by atoms with Gasteiger partial charge in [0.25, 0.3) is 0 Å². The van der Waals surface area contributed by atoms with E-state index in [1.807, 2.05) is 6.92 Å². The fourth-order valence-electron chi connectivity index (χ4n) is 6.94. The van der Waals surface area contributed by atoms with Crippen LogP contribution >= 0.6 is 0 Å². The second-order valence-corrected chi connectivity index (χ2v) is 18.5. The maximum Gasteiger partial charge on any atom is 0.397 e. The van der Waals surface area contributed by atoms with Gasteiger partial charge in [-0.25, -0.2) is 13.2 Å². The first-order chi connectivity index (χ1) is 33.2. The Kier molecular flexibility index (Phi) is 32.0. The molecule has 10 atom stereocenters. The van der Waals surface area contributed by atoms with Gasteiger partial charge in [-0.2, -0.15) is 16.8 Å². The maximum atomic E-state index is 12.2. The Balaban J connectivity index is 1.53. The first-order valence-corrected chi connectivity index (χ1v) is 26.2. The van der Waals surface area contributed by atoms with Crippen molar-refractivity contribution >= 4 is 44.5 Å². The van der Waals surface area contributed by atoms with E-state index in [0.29, 0.717) is 97.8 Å². The molecule has 10 unspecified atom stereocenters. The molecule has 2 aliphatic heterocycles. The predicted octanol–water partition coefficient (Wildman–Crippen LogP) is -1.24. The van der Waals surface area contributed by atoms with Gasteiger partial charge in [-0.15, -0.1) is 0 Å². The van der Waals surface area contributed by atoms with Gasteiger partial charge in [0.2, 0.25) is 17.7 Å². The summed E-state index contributed by atoms with van der Waals surface area (Å²) in [4.78, 5) is 48.0. The second-order valence-electron chi connectivity index (χ2n) is 16.3. The number of ether oxygens (including phenoxy) is 8. The molecule has 0 radical (unpaired) electrons. The van der Waals surface area contributed by atoms with E-state index in [9.17, 15) is 61.0 Å². The molecular weight excluding hydrogens is 983 g/mol. The molecule has 0 saturated carbocycles. The maximum absolute atomic E-state index is 12.2. The number of carbonyl (C=O) groups excluding carboxylic acids is 3. The molecule has 2 aliphatic rings. The molecule has 70 heavy (non-hydrogen) atoms. The van der Waals surface area contributed by atoms with Crippen molar-refractivity contribution in [3.63, 3.8) is 0 Å². The minimum Gasteiger partial charge on any atom is -0.479 e. The van der Waals surface area contributed by atoms with E-state index < -0.39 is 94.6 Å². The fraction of sp³-hybridized carbons (Fsp3) is 0.902. The van der Waals surface area contributed by atoms with Gasteiger partial charge in [0.1, 0.15) is 24.4 Å². The number of carbonyl (C=O) groups is 4. The summed E-state index contributed by atoms with van der Waals surface area (Å²) in [5.41, 5.74) is 0. The van der Waals surface area contributed by atoms with Crippen LogP contribution in [0.3, 0.4) is 0 Å². The Bertz CT molecular complexity index is 1720. The largest absolute Gasteiger partial charge is 0.479 e. The van der Waals surface area contributed by atoms with Gasteiger partial charge < -0.3 is 74.3 Å². The van der Waals surface area contributed by atoms with E-state index in [4.69, 9.17) is 42.4 Å². The molecule has 0 aromatic rings. The number of hydrogen-bond donors (Lipinski definition) is 9. The molecule has 0 bridgehead atoms. The Hall–Kier alpha value is -2.82. The molecule has 410 valence electrons. The number of rotatable bonds is 40. The highest BCUT2D eigenvalue weighted by atomic mass is 32.3. The Morgan fingerprint density at radius 2 is 1.09 bits per heavy atom. The number of amides is 3. The lowest BCUT2D eigenvalue weighted by atomic mass is 9.92. The number of aliphatic hydroxyl groups excluding tert-OH is 3. The molecule has 2 saturated heterocycles. The van der Waals surface area contributed by atoms with E-state index in [2.05, 4.69) is 24.3 Å². The van der Waals surface area contributed by atoms with Crippen molar-refractivity contribution in [1.82, 2.24) is 16.0 Å². The number of carboxylic acids is 1. The van der Waals surface area contributed by atoms with Crippen LogP contribution in [0.1, 0.15) is 90.9 Å². The van der Waals surface area contributed by atoms with Gasteiger partial charge in [0.15, 0.2) is 24.8 Å². The molecule has 2 heterocycles. The van der Waals surface area contributed by atoms with Crippen molar-refractivity contribution < 1.29 is 112 Å². The lowest BCUT2D eigenvalue weighted by molar-refractivity contribution is -0.343. The van der Waals surface area contributed by atoms with Crippen molar-refractivity contribution in [1.29, 1.82) is 0 Å². The summed E-state index contributed by atoms with van der Waals surface area (Å²) in [5.74, 6) is -3.14. The van der Waals surface area contributed by atoms with Crippen molar-refractivity contribution in [3.05, 3.63) is 0 Å². The standard InChI is InChI=1S/C41H75N3O24S2/c1-3-59-20-14-31(46)42-16-10-6-4-5-9-13-30(45)44-18-22-61-24-26-62-25-23-60-21-15-32(47)43-17-11-7-8-12-19-63-41-37(68-70(56,57)58)35(50)36(38(67-41)39(51)52)66-40-28(2)33(48)34(49)29(65-40)27-64-69(53,54)55/h28-29,33-38,40-41,48-50H,3-27H2,1-2H3,(H,42,46)(H,43,47)(H,44,45)(H,51,52)(H,53,54,55)(H,56,57,58). The summed E-state index contributed by atoms with van der Waals surface area (Å²) in [6.07, 6.45) is -9.48. The third-order valence-electron chi connectivity index (χ3n) is 10.7. The number of unbranched alkanes of at least 4 members (excludes halogenated alkanes) is 7. The van der Waals surface area contributed by atoms with Gasteiger partial charge in [-0.1, -0.05) is 39.0 Å². The Labute approximate surface area is 409 Å². The number of aliphatic hydroxyl groups is 3. The van der Waals surface area contributed by atoms with Crippen LogP contribution in [0.15, 0.2) is 0 Å². The molecule has 9 N–H and O–H groups in total. The van der Waals surface area contributed by atoms with Gasteiger partial charge >= 0.3 is 26.8 Å². The summed E-state index contributed by atoms with van der Waals surface area (Å²) in [5, 5.41) is 50.3. The third kappa shape index (κ3) is 27.9. The van der Waals surface area contributed by atoms with E-state index in [0.717, 1.165) is 32.1 Å². The van der Waals surface area contributed by atoms with Gasteiger partial charge in [0.05, 0.1) is 59.0 Å². The topological polar surface area (TPSA) is 386 Å². The highest BCUT2D eigenvalue weighted by Gasteiger charge is 2.54. The van der Waals surface area contributed by atoms with Crippen LogP contribution in [0.4, 0.5) is 0 Å². The van der Waals surface area contributed by atoms with E-state index in [-0.39, 0.29) is 44.0 Å². The van der Waals surface area contributed by atoms with Gasteiger partial charge in [-0.3, -0.25) is 23.5 Å². The number of hydrogen-bond acceptors (Lipinski definition) is 21. The smallest absolute Gasteiger partial charge is 0.397 e. The van der Waals surface area contributed by atoms with Gasteiger partial charge in [0, 0.05) is 58.0 Å². The summed E-state index contributed by atoms with van der Waals surface area (Å²) < 4.78 is 116. The molecule has 0 spiro atoms. The number of nitrogens with one attached hydrogen (secondary N) is 3. The second kappa shape index (κ2) is 35.4.